The molecule has 0 saturated heterocycles. The van der Waals surface area contributed by atoms with Crippen LogP contribution in [0.5, 0.6) is 0 Å². The van der Waals surface area contributed by atoms with E-state index in [0.29, 0.717) is 12.5 Å². The molecule has 358 valence electrons. The zero-order chi connectivity index (χ0) is 43.8. The zero-order valence-corrected chi connectivity index (χ0v) is 42.0. The summed E-state index contributed by atoms with van der Waals surface area (Å²) < 4.78 is 15.0. The number of ether oxygens (including phenoxy) is 2. The number of aldehydes is 1. The highest BCUT2D eigenvalue weighted by Gasteiger charge is 2.16. The lowest BCUT2D eigenvalue weighted by molar-refractivity contribution is -0.150. The first-order valence-corrected chi connectivity index (χ1v) is 27.7. The molecule has 0 aromatic heterocycles. The van der Waals surface area contributed by atoms with Gasteiger partial charge in [0.15, 0.2) is 0 Å². The van der Waals surface area contributed by atoms with E-state index in [1.165, 1.54) is 219 Å². The molecule has 0 radical (unpaired) electrons. The van der Waals surface area contributed by atoms with Crippen molar-refractivity contribution in [3.8, 4) is 0 Å². The molecular formula is C53H106N2O4S. The van der Waals surface area contributed by atoms with Crippen LogP contribution >= 0.6 is 11.9 Å². The van der Waals surface area contributed by atoms with Crippen LogP contribution in [-0.2, 0) is 19.1 Å². The average Bonchev–Trinajstić information content (AvgIpc) is 3.78. The Morgan fingerprint density at radius 2 is 1.02 bits per heavy atom. The third-order valence-electron chi connectivity index (χ3n) is 12.7. The maximum Gasteiger partial charge on any atom is 0.306 e. The number of rotatable bonds is 46. The molecule has 0 aliphatic heterocycles. The maximum absolute atomic E-state index is 12.7. The molecule has 6 nitrogen and oxygen atoms in total. The van der Waals surface area contributed by atoms with E-state index in [4.69, 9.17) is 9.47 Å². The van der Waals surface area contributed by atoms with E-state index in [1.54, 1.807) is 0 Å². The summed E-state index contributed by atoms with van der Waals surface area (Å²) in [6.07, 6.45) is 50.1. The molecule has 1 fully saturated rings. The van der Waals surface area contributed by atoms with Crippen molar-refractivity contribution in [3.05, 3.63) is 0 Å². The van der Waals surface area contributed by atoms with Crippen LogP contribution in [0.2, 0.25) is 0 Å². The molecule has 0 amide bonds. The van der Waals surface area contributed by atoms with Gasteiger partial charge in [-0.15, -0.1) is 0 Å². The summed E-state index contributed by atoms with van der Waals surface area (Å²) in [6.45, 7) is 13.7. The second-order valence-electron chi connectivity index (χ2n) is 18.4. The van der Waals surface area contributed by atoms with E-state index in [-0.39, 0.29) is 12.1 Å². The predicted molar refractivity (Wildman–Crippen MR) is 265 cm³/mol. The number of hydrogen-bond donors (Lipinski definition) is 1. The summed E-state index contributed by atoms with van der Waals surface area (Å²) in [5, 5.41) is 0.837. The van der Waals surface area contributed by atoms with Crippen LogP contribution in [0.25, 0.3) is 0 Å². The summed E-state index contributed by atoms with van der Waals surface area (Å²) in [5.74, 6) is 0.0454. The molecule has 7 heteroatoms. The van der Waals surface area contributed by atoms with E-state index in [0.717, 1.165) is 63.0 Å². The smallest absolute Gasteiger partial charge is 0.306 e. The molecule has 1 saturated carbocycles. The Balaban J connectivity index is 0.00000228. The van der Waals surface area contributed by atoms with Crippen molar-refractivity contribution in [2.75, 3.05) is 33.3 Å². The van der Waals surface area contributed by atoms with Gasteiger partial charge in [0.25, 0.3) is 0 Å². The van der Waals surface area contributed by atoms with Gasteiger partial charge in [0, 0.05) is 31.7 Å². The quantitative estimate of drug-likeness (QED) is 0.0283. The van der Waals surface area contributed by atoms with Crippen molar-refractivity contribution in [2.24, 2.45) is 0 Å². The lowest BCUT2D eigenvalue weighted by Crippen LogP contribution is -2.29. The van der Waals surface area contributed by atoms with Crippen LogP contribution in [-0.4, -0.2) is 67.9 Å². The first-order valence-electron chi connectivity index (χ1n) is 26.8. The summed E-state index contributed by atoms with van der Waals surface area (Å²) in [7, 11) is 1.82. The van der Waals surface area contributed by atoms with Gasteiger partial charge in [-0.3, -0.25) is 9.52 Å². The molecule has 1 aliphatic carbocycles. The molecule has 60 heavy (non-hydrogen) atoms. The van der Waals surface area contributed by atoms with E-state index in [2.05, 4.69) is 37.3 Å². The third-order valence-corrected chi connectivity index (χ3v) is 13.9. The van der Waals surface area contributed by atoms with Gasteiger partial charge >= 0.3 is 5.97 Å². The van der Waals surface area contributed by atoms with Crippen LogP contribution in [0, 0.1) is 0 Å². The summed E-state index contributed by atoms with van der Waals surface area (Å²) in [5.41, 5.74) is 0. The Morgan fingerprint density at radius 3 is 1.50 bits per heavy atom. The third kappa shape index (κ3) is 42.7. The number of carbonyl (C=O) groups excluding carboxylic acids is 2. The molecule has 1 unspecified atom stereocenters. The van der Waals surface area contributed by atoms with E-state index in [9.17, 15) is 9.59 Å². The van der Waals surface area contributed by atoms with Crippen molar-refractivity contribution >= 4 is 24.2 Å². The number of carbonyl (C=O) groups is 2. The first kappa shape index (κ1) is 59.4. The summed E-state index contributed by atoms with van der Waals surface area (Å²) in [6, 6.07) is 0. The molecule has 1 rings (SSSR count). The zero-order valence-electron chi connectivity index (χ0n) is 41.2. The summed E-state index contributed by atoms with van der Waals surface area (Å²) >= 11 is 1.99. The molecule has 0 aromatic rings. The minimum atomic E-state index is 0.0454. The normalized spacial score (nSPS) is 13.6. The topological polar surface area (TPSA) is 67.9 Å². The van der Waals surface area contributed by atoms with Gasteiger partial charge in [-0.1, -0.05) is 194 Å². The van der Waals surface area contributed by atoms with Crippen LogP contribution in [0.1, 0.15) is 278 Å². The maximum atomic E-state index is 12.7. The fraction of sp³-hybridized carbons (Fsp3) is 0.962. The highest BCUT2D eigenvalue weighted by Crippen LogP contribution is 2.27. The highest BCUT2D eigenvalue weighted by atomic mass is 32.2. The van der Waals surface area contributed by atoms with Crippen molar-refractivity contribution in [2.45, 2.75) is 296 Å². The average molecular weight is 868 g/mol. The number of nitrogens with one attached hydrogen (secondary N) is 1. The van der Waals surface area contributed by atoms with E-state index in [1.807, 2.05) is 19.1 Å². The number of esters is 1. The van der Waals surface area contributed by atoms with Crippen LogP contribution in [0.15, 0.2) is 0 Å². The first-order chi connectivity index (χ1) is 29.5. The van der Waals surface area contributed by atoms with Gasteiger partial charge in [0.1, 0.15) is 12.4 Å². The van der Waals surface area contributed by atoms with Gasteiger partial charge in [-0.05, 0) is 103 Å². The van der Waals surface area contributed by atoms with Gasteiger partial charge in [0.2, 0.25) is 0 Å². The highest BCUT2D eigenvalue weighted by molar-refractivity contribution is 7.98. The lowest BCUT2D eigenvalue weighted by Gasteiger charge is -2.22. The molecule has 0 bridgehead atoms. The molecule has 1 atom stereocenters. The number of nitrogens with zero attached hydrogens (tertiary/aromatic N) is 1. The Morgan fingerprint density at radius 1 is 0.583 bits per heavy atom. The second-order valence-corrected chi connectivity index (χ2v) is 19.6. The fourth-order valence-electron chi connectivity index (χ4n) is 8.57. The monoisotopic (exact) mass is 867 g/mol. The van der Waals surface area contributed by atoms with Crippen LogP contribution < -0.4 is 4.72 Å². The van der Waals surface area contributed by atoms with Crippen molar-refractivity contribution in [1.29, 1.82) is 0 Å². The van der Waals surface area contributed by atoms with Crippen molar-refractivity contribution in [3.63, 3.8) is 0 Å². The van der Waals surface area contributed by atoms with Gasteiger partial charge in [-0.2, -0.15) is 0 Å². The SMILES string of the molecule is CCCCCCCCC(CC)OC.CCCCCCCCC(CCCCCCCC)OC(=O)CCCCCCCN(CCCCCCCC=O)CCCNSC1CCCC1. The standard InChI is InChI=1S/C41H80N2O3S.C12H26O/c1-3-5-7-9-14-20-29-39(30-21-15-10-8-6-4-2)46-41(45)33-22-16-13-18-26-36-43(35-25-17-11-12-19-27-38-44)37-28-34-42-47-40-31-23-24-32-40;1-4-6-7-8-9-10-11-12(5-2)13-3/h38-40,42H,3-37H2,1-2H3;12H,4-11H2,1-3H3. The number of methoxy groups -OCH3 is 1. The Hall–Kier alpha value is -0.630. The van der Waals surface area contributed by atoms with Crippen LogP contribution in [0.3, 0.4) is 0 Å². The Bertz CT molecular complexity index is 837. The van der Waals surface area contributed by atoms with E-state index < -0.39 is 0 Å². The van der Waals surface area contributed by atoms with Gasteiger partial charge in [0.05, 0.1) is 6.10 Å². The minimum absolute atomic E-state index is 0.0454. The predicted octanol–water partition coefficient (Wildman–Crippen LogP) is 16.3. The number of unbranched alkanes of at least 4 members (excludes halogenated alkanes) is 24. The van der Waals surface area contributed by atoms with Gasteiger partial charge < -0.3 is 19.2 Å². The molecule has 1 N–H and O–H groups in total. The second kappa shape index (κ2) is 49.4. The minimum Gasteiger partial charge on any atom is -0.462 e. The Kier molecular flexibility index (Phi) is 48.9. The molecule has 0 spiro atoms. The van der Waals surface area contributed by atoms with Crippen LogP contribution in [0.4, 0.5) is 0 Å². The molecule has 0 heterocycles. The Labute approximate surface area is 380 Å². The molecule has 1 aliphatic rings. The molecular weight excluding hydrogens is 761 g/mol. The number of hydrogen-bond acceptors (Lipinski definition) is 7. The summed E-state index contributed by atoms with van der Waals surface area (Å²) in [4.78, 5) is 26.0. The molecule has 0 aromatic carbocycles. The fourth-order valence-corrected chi connectivity index (χ4v) is 9.64. The van der Waals surface area contributed by atoms with Crippen molar-refractivity contribution < 1.29 is 19.1 Å². The lowest BCUT2D eigenvalue weighted by atomic mass is 10.0. The van der Waals surface area contributed by atoms with Crippen molar-refractivity contribution in [1.82, 2.24) is 9.62 Å². The van der Waals surface area contributed by atoms with Gasteiger partial charge in [-0.25, -0.2) is 0 Å². The largest absolute Gasteiger partial charge is 0.462 e. The van der Waals surface area contributed by atoms with E-state index >= 15 is 0 Å².